The minimum absolute atomic E-state index is 0.0988. The number of amides is 2. The smallest absolute Gasteiger partial charge is 0.316 e. The average Bonchev–Trinajstić information content (AvgIpc) is 2.63. The molecule has 2 amide bonds. The van der Waals surface area contributed by atoms with Crippen LogP contribution in [0.5, 0.6) is 0 Å². The molecule has 3 heteroatoms. The molecule has 0 atom stereocenters. The van der Waals surface area contributed by atoms with Crippen LogP contribution in [0.3, 0.4) is 0 Å². The molecule has 1 N–H and O–H groups in total. The van der Waals surface area contributed by atoms with E-state index in [2.05, 4.69) is 5.32 Å². The highest BCUT2D eigenvalue weighted by Crippen LogP contribution is 2.14. The molecule has 0 aliphatic rings. The van der Waals surface area contributed by atoms with Gasteiger partial charge in [0.05, 0.1) is 0 Å². The van der Waals surface area contributed by atoms with Crippen LogP contribution in [-0.4, -0.2) is 10.9 Å². The monoisotopic (exact) mass is 330 g/mol. The number of aryl methyl sites for hydroxylation is 1. The van der Waals surface area contributed by atoms with E-state index in [-0.39, 0.29) is 6.03 Å². The van der Waals surface area contributed by atoms with Gasteiger partial charge in [0.1, 0.15) is 0 Å². The van der Waals surface area contributed by atoms with Crippen LogP contribution < -0.4 is 5.32 Å². The van der Waals surface area contributed by atoms with Gasteiger partial charge in [-0.05, 0) is 35.7 Å². The van der Waals surface area contributed by atoms with E-state index in [1.165, 1.54) is 0 Å². The molecule has 0 heterocycles. The Kier molecular flexibility index (Phi) is 5.47. The van der Waals surface area contributed by atoms with E-state index in [4.69, 9.17) is 0 Å². The number of hydrogen-bond donors (Lipinski definition) is 1. The van der Waals surface area contributed by atoms with E-state index in [1.54, 1.807) is 0 Å². The van der Waals surface area contributed by atoms with Gasteiger partial charge in [-0.15, -0.1) is 0 Å². The van der Waals surface area contributed by atoms with Crippen molar-refractivity contribution in [2.75, 3.05) is 5.32 Å². The predicted octanol–water partition coefficient (Wildman–Crippen LogP) is 5.23. The number of rotatable bonds is 5. The fraction of sp³-hybridized carbons (Fsp3) is 0.136. The summed E-state index contributed by atoms with van der Waals surface area (Å²) in [4.78, 5) is 14.7. The lowest BCUT2D eigenvalue weighted by Gasteiger charge is -2.23. The Morgan fingerprint density at radius 1 is 0.800 bits per heavy atom. The van der Waals surface area contributed by atoms with E-state index >= 15 is 0 Å². The normalized spacial score (nSPS) is 10.3. The summed E-state index contributed by atoms with van der Waals surface area (Å²) in [5.74, 6) is 0. The van der Waals surface area contributed by atoms with Crippen molar-refractivity contribution in [3.63, 3.8) is 0 Å². The van der Waals surface area contributed by atoms with E-state index in [0.29, 0.717) is 13.1 Å². The van der Waals surface area contributed by atoms with E-state index in [1.807, 2.05) is 96.8 Å². The van der Waals surface area contributed by atoms with Crippen LogP contribution in [0, 0.1) is 6.92 Å². The Bertz CT molecular complexity index is 774. The van der Waals surface area contributed by atoms with E-state index in [9.17, 15) is 4.79 Å². The van der Waals surface area contributed by atoms with Gasteiger partial charge < -0.3 is 10.2 Å². The third kappa shape index (κ3) is 4.95. The third-order valence-corrected chi connectivity index (χ3v) is 3.99. The van der Waals surface area contributed by atoms with E-state index < -0.39 is 0 Å². The number of carbonyl (C=O) groups is 1. The highest BCUT2D eigenvalue weighted by atomic mass is 16.2. The lowest BCUT2D eigenvalue weighted by Crippen LogP contribution is -2.34. The zero-order valence-electron chi connectivity index (χ0n) is 14.4. The van der Waals surface area contributed by atoms with Gasteiger partial charge in [-0.25, -0.2) is 4.79 Å². The molecule has 0 aromatic heterocycles. The SMILES string of the molecule is Cc1cccc(NC(=O)N(Cc2ccccc2)Cc2ccccc2)c1. The molecular formula is C22H22N2O. The first-order valence-electron chi connectivity index (χ1n) is 8.41. The molecule has 25 heavy (non-hydrogen) atoms. The summed E-state index contributed by atoms with van der Waals surface area (Å²) >= 11 is 0. The van der Waals surface area contributed by atoms with Gasteiger partial charge in [0.2, 0.25) is 0 Å². The van der Waals surface area contributed by atoms with Crippen LogP contribution in [0.25, 0.3) is 0 Å². The van der Waals surface area contributed by atoms with Gasteiger partial charge in [-0.2, -0.15) is 0 Å². The van der Waals surface area contributed by atoms with E-state index in [0.717, 1.165) is 22.4 Å². The van der Waals surface area contributed by atoms with Crippen LogP contribution in [0.15, 0.2) is 84.9 Å². The highest BCUT2D eigenvalue weighted by Gasteiger charge is 2.15. The van der Waals surface area contributed by atoms with Crippen molar-refractivity contribution >= 4 is 11.7 Å². The van der Waals surface area contributed by atoms with Crippen molar-refractivity contribution in [1.82, 2.24) is 4.90 Å². The summed E-state index contributed by atoms with van der Waals surface area (Å²) in [6, 6.07) is 27.9. The molecule has 3 rings (SSSR count). The Labute approximate surface area is 148 Å². The maximum atomic E-state index is 12.8. The molecule has 0 bridgehead atoms. The van der Waals surface area contributed by atoms with Gasteiger partial charge in [0.25, 0.3) is 0 Å². The van der Waals surface area contributed by atoms with Crippen LogP contribution >= 0.6 is 0 Å². The van der Waals surface area contributed by atoms with Crippen molar-refractivity contribution in [3.05, 3.63) is 102 Å². The van der Waals surface area contributed by atoms with Crippen molar-refractivity contribution in [2.45, 2.75) is 20.0 Å². The highest BCUT2D eigenvalue weighted by molar-refractivity contribution is 5.89. The second kappa shape index (κ2) is 8.15. The molecule has 0 saturated carbocycles. The molecular weight excluding hydrogens is 308 g/mol. The minimum Gasteiger partial charge on any atom is -0.316 e. The molecule has 3 aromatic rings. The fourth-order valence-electron chi connectivity index (χ4n) is 2.73. The van der Waals surface area contributed by atoms with Gasteiger partial charge in [0, 0.05) is 18.8 Å². The number of anilines is 1. The second-order valence-electron chi connectivity index (χ2n) is 6.13. The summed E-state index contributed by atoms with van der Waals surface area (Å²) in [6.45, 7) is 3.14. The zero-order chi connectivity index (χ0) is 17.5. The topological polar surface area (TPSA) is 32.3 Å². The number of hydrogen-bond acceptors (Lipinski definition) is 1. The lowest BCUT2D eigenvalue weighted by molar-refractivity contribution is 0.206. The lowest BCUT2D eigenvalue weighted by atomic mass is 10.1. The fourth-order valence-corrected chi connectivity index (χ4v) is 2.73. The largest absolute Gasteiger partial charge is 0.322 e. The van der Waals surface area contributed by atoms with Crippen molar-refractivity contribution in [1.29, 1.82) is 0 Å². The molecule has 0 aliphatic heterocycles. The second-order valence-corrected chi connectivity index (χ2v) is 6.13. The predicted molar refractivity (Wildman–Crippen MR) is 102 cm³/mol. The first-order valence-corrected chi connectivity index (χ1v) is 8.41. The number of carbonyl (C=O) groups excluding carboxylic acids is 1. The molecule has 0 saturated heterocycles. The van der Waals surface area contributed by atoms with Crippen molar-refractivity contribution < 1.29 is 4.79 Å². The molecule has 0 fully saturated rings. The van der Waals surface area contributed by atoms with Gasteiger partial charge in [0.15, 0.2) is 0 Å². The summed E-state index contributed by atoms with van der Waals surface area (Å²) in [6.07, 6.45) is 0. The van der Waals surface area contributed by atoms with Crippen LogP contribution in [0.1, 0.15) is 16.7 Å². The zero-order valence-corrected chi connectivity index (χ0v) is 14.4. The molecule has 126 valence electrons. The molecule has 0 radical (unpaired) electrons. The number of benzene rings is 3. The Morgan fingerprint density at radius 3 is 1.88 bits per heavy atom. The van der Waals surface area contributed by atoms with Gasteiger partial charge in [-0.3, -0.25) is 0 Å². The first kappa shape index (κ1) is 16.8. The van der Waals surface area contributed by atoms with Crippen LogP contribution in [0.2, 0.25) is 0 Å². The molecule has 3 aromatic carbocycles. The summed E-state index contributed by atoms with van der Waals surface area (Å²) in [7, 11) is 0. The number of nitrogens with one attached hydrogen (secondary N) is 1. The average molecular weight is 330 g/mol. The Morgan fingerprint density at radius 2 is 1.36 bits per heavy atom. The number of nitrogens with zero attached hydrogens (tertiary/aromatic N) is 1. The minimum atomic E-state index is -0.0988. The number of urea groups is 1. The summed E-state index contributed by atoms with van der Waals surface area (Å²) in [5.41, 5.74) is 4.15. The quantitative estimate of drug-likeness (QED) is 0.682. The Balaban J connectivity index is 1.78. The molecule has 0 aliphatic carbocycles. The summed E-state index contributed by atoms with van der Waals surface area (Å²) < 4.78 is 0. The molecule has 0 spiro atoms. The van der Waals surface area contributed by atoms with Crippen LogP contribution in [-0.2, 0) is 13.1 Å². The van der Waals surface area contributed by atoms with Crippen molar-refractivity contribution in [2.24, 2.45) is 0 Å². The summed E-state index contributed by atoms with van der Waals surface area (Å²) in [5, 5.41) is 3.01. The maximum Gasteiger partial charge on any atom is 0.322 e. The first-order chi connectivity index (χ1) is 12.2. The van der Waals surface area contributed by atoms with Crippen LogP contribution in [0.4, 0.5) is 10.5 Å². The Hall–Kier alpha value is -3.07. The molecule has 0 unspecified atom stereocenters. The maximum absolute atomic E-state index is 12.8. The standard InChI is InChI=1S/C22H22N2O/c1-18-9-8-14-21(15-18)23-22(25)24(16-19-10-4-2-5-11-19)17-20-12-6-3-7-13-20/h2-15H,16-17H2,1H3,(H,23,25). The van der Waals surface area contributed by atoms with Gasteiger partial charge in [-0.1, -0.05) is 72.8 Å². The molecule has 3 nitrogen and oxygen atoms in total. The van der Waals surface area contributed by atoms with Gasteiger partial charge >= 0.3 is 6.03 Å². The van der Waals surface area contributed by atoms with Crippen molar-refractivity contribution in [3.8, 4) is 0 Å². The third-order valence-electron chi connectivity index (χ3n) is 3.99.